The SMILES string of the molecule is CCCn1cncc1CNCC1CCS(=O)(=O)C1. The first-order valence-corrected chi connectivity index (χ1v) is 8.33. The molecule has 0 saturated carbocycles. The minimum Gasteiger partial charge on any atom is -0.333 e. The van der Waals surface area contributed by atoms with Gasteiger partial charge < -0.3 is 9.88 Å². The maximum atomic E-state index is 11.3. The number of sulfone groups is 1. The zero-order valence-corrected chi connectivity index (χ0v) is 11.6. The summed E-state index contributed by atoms with van der Waals surface area (Å²) in [5, 5.41) is 3.34. The van der Waals surface area contributed by atoms with E-state index in [1.54, 1.807) is 0 Å². The maximum absolute atomic E-state index is 11.3. The highest BCUT2D eigenvalue weighted by atomic mass is 32.2. The monoisotopic (exact) mass is 271 g/mol. The molecule has 1 atom stereocenters. The zero-order valence-electron chi connectivity index (χ0n) is 10.8. The van der Waals surface area contributed by atoms with Gasteiger partial charge in [0.25, 0.3) is 0 Å². The van der Waals surface area contributed by atoms with Crippen molar-refractivity contribution in [3.63, 3.8) is 0 Å². The molecule has 1 aliphatic heterocycles. The Morgan fingerprint density at radius 2 is 2.39 bits per heavy atom. The summed E-state index contributed by atoms with van der Waals surface area (Å²) in [6.07, 6.45) is 5.60. The van der Waals surface area contributed by atoms with Crippen molar-refractivity contribution < 1.29 is 8.42 Å². The van der Waals surface area contributed by atoms with Gasteiger partial charge in [0.15, 0.2) is 9.84 Å². The first-order chi connectivity index (χ1) is 8.61. The molecule has 6 heteroatoms. The molecule has 1 aromatic heterocycles. The van der Waals surface area contributed by atoms with Crippen molar-refractivity contribution in [1.82, 2.24) is 14.9 Å². The molecular formula is C12H21N3O2S. The van der Waals surface area contributed by atoms with E-state index in [4.69, 9.17) is 0 Å². The smallest absolute Gasteiger partial charge is 0.150 e. The van der Waals surface area contributed by atoms with Crippen LogP contribution in [-0.2, 0) is 22.9 Å². The fraction of sp³-hybridized carbons (Fsp3) is 0.750. The summed E-state index contributed by atoms with van der Waals surface area (Å²) < 4.78 is 24.8. The third kappa shape index (κ3) is 3.55. The van der Waals surface area contributed by atoms with Crippen molar-refractivity contribution in [1.29, 1.82) is 0 Å². The molecule has 0 aliphatic carbocycles. The van der Waals surface area contributed by atoms with Crippen LogP contribution in [0, 0.1) is 5.92 Å². The Kier molecular flexibility index (Phi) is 4.40. The molecule has 0 bridgehead atoms. The number of aryl methyl sites for hydroxylation is 1. The first-order valence-electron chi connectivity index (χ1n) is 6.51. The van der Waals surface area contributed by atoms with Crippen molar-refractivity contribution in [3.8, 4) is 0 Å². The molecule has 1 fully saturated rings. The molecule has 2 heterocycles. The van der Waals surface area contributed by atoms with E-state index >= 15 is 0 Å². The molecule has 0 spiro atoms. The van der Waals surface area contributed by atoms with Gasteiger partial charge in [0.2, 0.25) is 0 Å². The molecule has 1 N–H and O–H groups in total. The maximum Gasteiger partial charge on any atom is 0.150 e. The lowest BCUT2D eigenvalue weighted by Gasteiger charge is -2.11. The lowest BCUT2D eigenvalue weighted by molar-refractivity contribution is 0.508. The van der Waals surface area contributed by atoms with Crippen LogP contribution in [0.3, 0.4) is 0 Å². The average Bonchev–Trinajstić information content (AvgIpc) is 2.87. The van der Waals surface area contributed by atoms with E-state index in [1.165, 1.54) is 0 Å². The van der Waals surface area contributed by atoms with Crippen LogP contribution in [0.2, 0.25) is 0 Å². The van der Waals surface area contributed by atoms with Gasteiger partial charge in [-0.25, -0.2) is 13.4 Å². The van der Waals surface area contributed by atoms with E-state index in [9.17, 15) is 8.42 Å². The molecule has 102 valence electrons. The summed E-state index contributed by atoms with van der Waals surface area (Å²) in [6.45, 7) is 4.66. The Hall–Kier alpha value is -0.880. The third-order valence-corrected chi connectivity index (χ3v) is 5.17. The number of rotatable bonds is 6. The van der Waals surface area contributed by atoms with Crippen LogP contribution in [0.4, 0.5) is 0 Å². The number of aromatic nitrogens is 2. The highest BCUT2D eigenvalue weighted by Crippen LogP contribution is 2.17. The molecule has 2 rings (SSSR count). The molecule has 0 amide bonds. The second kappa shape index (κ2) is 5.84. The van der Waals surface area contributed by atoms with Gasteiger partial charge in [-0.05, 0) is 25.3 Å². The summed E-state index contributed by atoms with van der Waals surface area (Å²) >= 11 is 0. The molecular weight excluding hydrogens is 250 g/mol. The molecule has 1 aromatic rings. The number of hydrogen-bond donors (Lipinski definition) is 1. The molecule has 5 nitrogen and oxygen atoms in total. The lowest BCUT2D eigenvalue weighted by Crippen LogP contribution is -2.24. The number of hydrogen-bond acceptors (Lipinski definition) is 4. The zero-order chi connectivity index (χ0) is 13.0. The standard InChI is InChI=1S/C12H21N3O2S/c1-2-4-15-10-14-8-12(15)7-13-6-11-3-5-18(16,17)9-11/h8,10-11,13H,2-7,9H2,1H3. The fourth-order valence-corrected chi connectivity index (χ4v) is 4.24. The van der Waals surface area contributed by atoms with E-state index in [1.807, 2.05) is 12.5 Å². The van der Waals surface area contributed by atoms with Gasteiger partial charge in [-0.3, -0.25) is 0 Å². The third-order valence-electron chi connectivity index (χ3n) is 3.33. The van der Waals surface area contributed by atoms with E-state index in [-0.39, 0.29) is 5.92 Å². The largest absolute Gasteiger partial charge is 0.333 e. The minimum absolute atomic E-state index is 0.276. The normalized spacial score (nSPS) is 22.4. The number of imidazole rings is 1. The Labute approximate surface area is 109 Å². The Morgan fingerprint density at radius 3 is 3.06 bits per heavy atom. The van der Waals surface area contributed by atoms with Gasteiger partial charge in [-0.2, -0.15) is 0 Å². The van der Waals surface area contributed by atoms with Gasteiger partial charge in [0.05, 0.1) is 23.5 Å². The molecule has 18 heavy (non-hydrogen) atoms. The van der Waals surface area contributed by atoms with Crippen molar-refractivity contribution in [3.05, 3.63) is 18.2 Å². The van der Waals surface area contributed by atoms with E-state index in [0.717, 1.165) is 38.2 Å². The molecule has 1 saturated heterocycles. The number of nitrogens with one attached hydrogen (secondary N) is 1. The molecule has 1 aliphatic rings. The van der Waals surface area contributed by atoms with Crippen molar-refractivity contribution in [2.24, 2.45) is 5.92 Å². The molecule has 0 radical (unpaired) electrons. The van der Waals surface area contributed by atoms with E-state index < -0.39 is 9.84 Å². The summed E-state index contributed by atoms with van der Waals surface area (Å²) in [7, 11) is -2.75. The van der Waals surface area contributed by atoms with Gasteiger partial charge in [-0.1, -0.05) is 6.92 Å². The molecule has 1 unspecified atom stereocenters. The van der Waals surface area contributed by atoms with Crippen molar-refractivity contribution >= 4 is 9.84 Å². The van der Waals surface area contributed by atoms with E-state index in [2.05, 4.69) is 21.8 Å². The predicted octanol–water partition coefficient (Wildman–Crippen LogP) is 0.817. The summed E-state index contributed by atoms with van der Waals surface area (Å²) in [4.78, 5) is 4.14. The van der Waals surface area contributed by atoms with E-state index in [0.29, 0.717) is 11.5 Å². The van der Waals surface area contributed by atoms with Crippen LogP contribution in [0.1, 0.15) is 25.5 Å². The topological polar surface area (TPSA) is 64.0 Å². The highest BCUT2D eigenvalue weighted by Gasteiger charge is 2.27. The van der Waals surface area contributed by atoms with Gasteiger partial charge in [0, 0.05) is 19.3 Å². The fourth-order valence-electron chi connectivity index (χ4n) is 2.37. The minimum atomic E-state index is -2.75. The highest BCUT2D eigenvalue weighted by molar-refractivity contribution is 7.91. The first kappa shape index (κ1) is 13.5. The Bertz CT molecular complexity index is 481. The Balaban J connectivity index is 1.77. The van der Waals surface area contributed by atoms with Gasteiger partial charge in [-0.15, -0.1) is 0 Å². The number of nitrogens with zero attached hydrogens (tertiary/aromatic N) is 2. The van der Waals surface area contributed by atoms with Crippen molar-refractivity contribution in [2.45, 2.75) is 32.9 Å². The lowest BCUT2D eigenvalue weighted by atomic mass is 10.1. The van der Waals surface area contributed by atoms with Crippen LogP contribution < -0.4 is 5.32 Å². The van der Waals surface area contributed by atoms with Crippen molar-refractivity contribution in [2.75, 3.05) is 18.1 Å². The quantitative estimate of drug-likeness (QED) is 0.832. The van der Waals surface area contributed by atoms with Crippen LogP contribution in [0.5, 0.6) is 0 Å². The second-order valence-electron chi connectivity index (χ2n) is 4.98. The second-order valence-corrected chi connectivity index (χ2v) is 7.21. The summed E-state index contributed by atoms with van der Waals surface area (Å²) in [5.74, 6) is 0.971. The summed E-state index contributed by atoms with van der Waals surface area (Å²) in [6, 6.07) is 0. The average molecular weight is 271 g/mol. The van der Waals surface area contributed by atoms with Gasteiger partial charge in [0.1, 0.15) is 0 Å². The van der Waals surface area contributed by atoms with Gasteiger partial charge >= 0.3 is 0 Å². The summed E-state index contributed by atoms with van der Waals surface area (Å²) in [5.41, 5.74) is 1.16. The predicted molar refractivity (Wildman–Crippen MR) is 71.0 cm³/mol. The molecule has 0 aromatic carbocycles. The van der Waals surface area contributed by atoms with Crippen LogP contribution in [-0.4, -0.2) is 36.0 Å². The Morgan fingerprint density at radius 1 is 1.56 bits per heavy atom. The van der Waals surface area contributed by atoms with Crippen LogP contribution >= 0.6 is 0 Å². The van der Waals surface area contributed by atoms with Crippen LogP contribution in [0.15, 0.2) is 12.5 Å². The van der Waals surface area contributed by atoms with Crippen LogP contribution in [0.25, 0.3) is 0 Å².